The van der Waals surface area contributed by atoms with Gasteiger partial charge < -0.3 is 24.0 Å². The molecule has 0 radical (unpaired) electrons. The van der Waals surface area contributed by atoms with Crippen molar-refractivity contribution in [3.8, 4) is 17.3 Å². The van der Waals surface area contributed by atoms with Gasteiger partial charge in [-0.2, -0.15) is 9.97 Å². The van der Waals surface area contributed by atoms with Crippen molar-refractivity contribution >= 4 is 33.9 Å². The molecule has 9 nitrogen and oxygen atoms in total. The van der Waals surface area contributed by atoms with Crippen LogP contribution in [0.3, 0.4) is 0 Å². The van der Waals surface area contributed by atoms with E-state index >= 15 is 0 Å². The summed E-state index contributed by atoms with van der Waals surface area (Å²) in [7, 11) is 2.17. The molecule has 0 bridgehead atoms. The van der Waals surface area contributed by atoms with E-state index in [0.29, 0.717) is 31.7 Å². The van der Waals surface area contributed by atoms with Gasteiger partial charge in [0.2, 0.25) is 0 Å². The zero-order valence-corrected chi connectivity index (χ0v) is 25.6. The zero-order valence-electron chi connectivity index (χ0n) is 24.9. The molecular formula is C34H35ClN8O. The minimum absolute atomic E-state index is 0.389. The largest absolute Gasteiger partial charge is 0.462 e. The molecule has 6 heterocycles. The first-order valence-corrected chi connectivity index (χ1v) is 15.8. The Hall–Kier alpha value is -4.21. The average molecular weight is 607 g/mol. The molecule has 224 valence electrons. The highest BCUT2D eigenvalue weighted by Gasteiger charge is 2.30. The maximum Gasteiger partial charge on any atom is 0.318 e. The Bertz CT molecular complexity index is 1820. The summed E-state index contributed by atoms with van der Waals surface area (Å²) in [5.74, 6) is 0.980. The van der Waals surface area contributed by atoms with Crippen molar-refractivity contribution in [3.63, 3.8) is 0 Å². The van der Waals surface area contributed by atoms with Crippen LogP contribution in [-0.2, 0) is 26.1 Å². The number of aromatic nitrogens is 5. The van der Waals surface area contributed by atoms with E-state index in [9.17, 15) is 0 Å². The fourth-order valence-electron chi connectivity index (χ4n) is 7.01. The summed E-state index contributed by atoms with van der Waals surface area (Å²) >= 11 is 6.74. The van der Waals surface area contributed by atoms with Gasteiger partial charge in [-0.25, -0.2) is 4.98 Å². The molecule has 3 aliphatic heterocycles. The lowest BCUT2D eigenvalue weighted by molar-refractivity contribution is 0.187. The summed E-state index contributed by atoms with van der Waals surface area (Å²) < 4.78 is 8.64. The Morgan fingerprint density at radius 1 is 0.932 bits per heavy atom. The second-order valence-corrected chi connectivity index (χ2v) is 12.4. The van der Waals surface area contributed by atoms with E-state index in [4.69, 9.17) is 31.3 Å². The monoisotopic (exact) mass is 606 g/mol. The molecular weight excluding hydrogens is 572 g/mol. The molecule has 3 aromatic heterocycles. The van der Waals surface area contributed by atoms with Gasteiger partial charge in [0.05, 0.1) is 41.5 Å². The van der Waals surface area contributed by atoms with Crippen LogP contribution in [0.15, 0.2) is 67.3 Å². The van der Waals surface area contributed by atoms with Crippen molar-refractivity contribution in [2.45, 2.75) is 44.9 Å². The Morgan fingerprint density at radius 2 is 1.80 bits per heavy atom. The molecule has 5 aromatic rings. The smallest absolute Gasteiger partial charge is 0.318 e. The second kappa shape index (κ2) is 11.4. The molecule has 3 aliphatic rings. The van der Waals surface area contributed by atoms with Gasteiger partial charge in [-0.3, -0.25) is 4.98 Å². The molecule has 2 aromatic carbocycles. The molecule has 0 spiro atoms. The Morgan fingerprint density at radius 3 is 2.64 bits per heavy atom. The van der Waals surface area contributed by atoms with Crippen molar-refractivity contribution in [3.05, 3.63) is 89.2 Å². The van der Waals surface area contributed by atoms with Gasteiger partial charge in [0.15, 0.2) is 0 Å². The lowest BCUT2D eigenvalue weighted by Crippen LogP contribution is -2.38. The molecule has 1 saturated heterocycles. The predicted octanol–water partition coefficient (Wildman–Crippen LogP) is 5.60. The van der Waals surface area contributed by atoms with Gasteiger partial charge in [0.25, 0.3) is 0 Å². The van der Waals surface area contributed by atoms with Crippen molar-refractivity contribution in [1.29, 1.82) is 0 Å². The summed E-state index contributed by atoms with van der Waals surface area (Å²) in [5.41, 5.74) is 6.63. The highest BCUT2D eigenvalue weighted by Crippen LogP contribution is 2.38. The van der Waals surface area contributed by atoms with Crippen molar-refractivity contribution in [2.75, 3.05) is 43.1 Å². The lowest BCUT2D eigenvalue weighted by Gasteiger charge is -2.36. The van der Waals surface area contributed by atoms with Crippen LogP contribution in [0.4, 0.5) is 11.5 Å². The number of hydrogen-bond acceptors (Lipinski definition) is 8. The normalized spacial score (nSPS) is 18.5. The third kappa shape index (κ3) is 4.94. The molecule has 10 heteroatoms. The number of likely N-dealkylation sites (tertiary alicyclic amines) is 1. The highest BCUT2D eigenvalue weighted by atomic mass is 35.5. The summed E-state index contributed by atoms with van der Waals surface area (Å²) in [6, 6.07) is 17.4. The molecule has 0 saturated carbocycles. The Labute approximate surface area is 262 Å². The van der Waals surface area contributed by atoms with Crippen LogP contribution in [0, 0.1) is 0 Å². The van der Waals surface area contributed by atoms with Crippen molar-refractivity contribution < 1.29 is 4.74 Å². The van der Waals surface area contributed by atoms with Gasteiger partial charge in [-0.15, -0.1) is 0 Å². The maximum atomic E-state index is 6.74. The van der Waals surface area contributed by atoms with E-state index in [1.807, 2.05) is 43.0 Å². The highest BCUT2D eigenvalue weighted by molar-refractivity contribution is 6.36. The van der Waals surface area contributed by atoms with Crippen LogP contribution < -0.4 is 14.5 Å². The molecule has 1 atom stereocenters. The average Bonchev–Trinajstić information content (AvgIpc) is 3.68. The summed E-state index contributed by atoms with van der Waals surface area (Å²) in [6.45, 7) is 5.63. The number of hydrogen-bond donors (Lipinski definition) is 0. The first-order chi connectivity index (χ1) is 21.6. The quantitative estimate of drug-likeness (QED) is 0.247. The molecule has 0 unspecified atom stereocenters. The molecule has 0 N–H and O–H groups in total. The Balaban J connectivity index is 1.15. The second-order valence-electron chi connectivity index (χ2n) is 12.0. The number of anilines is 2. The molecule has 1 fully saturated rings. The number of pyridine rings is 1. The van der Waals surface area contributed by atoms with E-state index in [0.717, 1.165) is 83.3 Å². The third-order valence-corrected chi connectivity index (χ3v) is 9.74. The van der Waals surface area contributed by atoms with E-state index in [2.05, 4.69) is 55.6 Å². The number of ether oxygens (including phenoxy) is 1. The zero-order chi connectivity index (χ0) is 29.6. The summed E-state index contributed by atoms with van der Waals surface area (Å²) in [4.78, 5) is 26.3. The number of benzene rings is 2. The van der Waals surface area contributed by atoms with Gasteiger partial charge in [0.1, 0.15) is 12.4 Å². The van der Waals surface area contributed by atoms with E-state index in [-0.39, 0.29) is 0 Å². The van der Waals surface area contributed by atoms with Crippen LogP contribution in [-0.4, -0.2) is 68.7 Å². The van der Waals surface area contributed by atoms with E-state index in [1.54, 1.807) is 0 Å². The minimum Gasteiger partial charge on any atom is -0.462 e. The number of rotatable bonds is 6. The van der Waals surface area contributed by atoms with Crippen LogP contribution in [0.2, 0.25) is 5.02 Å². The van der Waals surface area contributed by atoms with Crippen LogP contribution in [0.25, 0.3) is 22.0 Å². The molecule has 44 heavy (non-hydrogen) atoms. The topological polar surface area (TPSA) is 75.4 Å². The number of halogens is 1. The van der Waals surface area contributed by atoms with Crippen LogP contribution >= 0.6 is 11.6 Å². The van der Waals surface area contributed by atoms with Gasteiger partial charge in [-0.05, 0) is 62.5 Å². The van der Waals surface area contributed by atoms with Gasteiger partial charge >= 0.3 is 6.01 Å². The maximum absolute atomic E-state index is 6.74. The van der Waals surface area contributed by atoms with Crippen molar-refractivity contribution in [2.24, 2.45) is 0 Å². The van der Waals surface area contributed by atoms with Crippen molar-refractivity contribution in [1.82, 2.24) is 29.4 Å². The fourth-order valence-corrected chi connectivity index (χ4v) is 7.29. The van der Waals surface area contributed by atoms with Crippen LogP contribution in [0.5, 0.6) is 6.01 Å². The van der Waals surface area contributed by atoms with E-state index < -0.39 is 0 Å². The summed E-state index contributed by atoms with van der Waals surface area (Å²) in [6.07, 6.45) is 8.77. The fraction of sp³-hybridized carbons (Fsp3) is 0.353. The minimum atomic E-state index is 0.389. The standard InChI is InChI=1S/C34H35ClN8O/c1-40-15-4-7-25(40)21-44-34-38-28-19-41(29-9-3-6-23-5-2-8-27(35)31(23)29)16-12-26(28)33(39-34)42-17-18-43-22-37-32(30(43)20-42)24-10-13-36-14-11-24/h2-3,5-6,8-11,13-14,22,25H,4,7,12,15-21H2,1H3/t25-/m0/s1. The first kappa shape index (κ1) is 27.3. The number of likely N-dealkylation sites (N-methyl/N-ethyl adjacent to an activating group) is 1. The predicted molar refractivity (Wildman–Crippen MR) is 173 cm³/mol. The lowest BCUT2D eigenvalue weighted by atomic mass is 10.0. The first-order valence-electron chi connectivity index (χ1n) is 15.5. The molecule has 0 aliphatic carbocycles. The Kier molecular flexibility index (Phi) is 7.07. The number of fused-ring (bicyclic) bond motifs is 3. The number of imidazole rings is 1. The molecule has 8 rings (SSSR count). The van der Waals surface area contributed by atoms with Gasteiger partial charge in [-0.1, -0.05) is 35.9 Å². The number of nitrogens with zero attached hydrogens (tertiary/aromatic N) is 8. The van der Waals surface area contributed by atoms with Gasteiger partial charge in [0, 0.05) is 60.3 Å². The SMILES string of the molecule is CN1CCC[C@H]1COc1nc2c(c(N3CCn4cnc(-c5ccncc5)c4C3)n1)CCN(c1cccc3cccc(Cl)c13)C2. The van der Waals surface area contributed by atoms with Crippen LogP contribution in [0.1, 0.15) is 29.8 Å². The molecule has 0 amide bonds. The third-order valence-electron chi connectivity index (χ3n) is 9.42. The summed E-state index contributed by atoms with van der Waals surface area (Å²) in [5, 5.41) is 3.00. The van der Waals surface area contributed by atoms with E-state index in [1.165, 1.54) is 17.7 Å².